The van der Waals surface area contributed by atoms with E-state index in [-0.39, 0.29) is 23.4 Å². The van der Waals surface area contributed by atoms with Gasteiger partial charge in [-0.1, -0.05) is 60.2 Å². The van der Waals surface area contributed by atoms with Crippen LogP contribution in [0.4, 0.5) is 5.69 Å². The summed E-state index contributed by atoms with van der Waals surface area (Å²) in [5, 5.41) is 2.94. The molecular formula is C24H24N2O4S. The molecule has 31 heavy (non-hydrogen) atoms. The average Bonchev–Trinajstić information content (AvgIpc) is 2.79. The zero-order chi connectivity index (χ0) is 22.0. The molecule has 0 radical (unpaired) electrons. The molecule has 1 heterocycles. The number of nitrogens with zero attached hydrogens (tertiary/aromatic N) is 1. The predicted octanol–water partition coefficient (Wildman–Crippen LogP) is 3.83. The van der Waals surface area contributed by atoms with Gasteiger partial charge in [-0.25, -0.2) is 8.42 Å². The maximum Gasteiger partial charge on any atom is 0.264 e. The maximum atomic E-state index is 13.3. The molecule has 6 nitrogen and oxygen atoms in total. The van der Waals surface area contributed by atoms with Gasteiger partial charge < -0.3 is 10.1 Å². The lowest BCUT2D eigenvalue weighted by molar-refractivity contribution is -0.128. The highest BCUT2D eigenvalue weighted by Crippen LogP contribution is 2.36. The van der Waals surface area contributed by atoms with Gasteiger partial charge in [-0.05, 0) is 43.7 Å². The van der Waals surface area contributed by atoms with Crippen molar-refractivity contribution in [1.29, 1.82) is 0 Å². The number of aryl methyl sites for hydroxylation is 1. The third-order valence-electron chi connectivity index (χ3n) is 5.29. The van der Waals surface area contributed by atoms with Gasteiger partial charge in [0.1, 0.15) is 5.75 Å². The van der Waals surface area contributed by atoms with Gasteiger partial charge in [0.15, 0.2) is 6.10 Å². The molecule has 0 saturated carbocycles. The van der Waals surface area contributed by atoms with Gasteiger partial charge in [0, 0.05) is 0 Å². The van der Waals surface area contributed by atoms with E-state index in [4.69, 9.17) is 4.74 Å². The van der Waals surface area contributed by atoms with Gasteiger partial charge in [-0.3, -0.25) is 9.10 Å². The highest BCUT2D eigenvalue weighted by Gasteiger charge is 2.37. The van der Waals surface area contributed by atoms with E-state index in [9.17, 15) is 13.2 Å². The van der Waals surface area contributed by atoms with Crippen molar-refractivity contribution in [3.05, 3.63) is 90.0 Å². The SMILES string of the molecule is Cc1ccc([C@@H](C)NC(=O)[C@H]2CN(S(=O)(=O)c3ccccc3)c3ccccc3O2)cc1. The van der Waals surface area contributed by atoms with E-state index in [1.807, 2.05) is 38.1 Å². The first-order valence-electron chi connectivity index (χ1n) is 10.1. The normalized spacial score (nSPS) is 16.7. The lowest BCUT2D eigenvalue weighted by atomic mass is 10.1. The number of fused-ring (bicyclic) bond motifs is 1. The van der Waals surface area contributed by atoms with Crippen molar-refractivity contribution in [3.8, 4) is 5.75 Å². The molecule has 160 valence electrons. The monoisotopic (exact) mass is 436 g/mol. The fourth-order valence-electron chi connectivity index (χ4n) is 3.53. The van der Waals surface area contributed by atoms with Crippen molar-refractivity contribution in [2.24, 2.45) is 0 Å². The quantitative estimate of drug-likeness (QED) is 0.660. The van der Waals surface area contributed by atoms with Crippen molar-refractivity contribution < 1.29 is 17.9 Å². The number of para-hydroxylation sites is 2. The third kappa shape index (κ3) is 4.27. The Bertz CT molecular complexity index is 1180. The number of carbonyl (C=O) groups is 1. The van der Waals surface area contributed by atoms with Crippen molar-refractivity contribution in [3.63, 3.8) is 0 Å². The Kier molecular flexibility index (Phi) is 5.69. The molecule has 0 unspecified atom stereocenters. The number of benzene rings is 3. The van der Waals surface area contributed by atoms with E-state index < -0.39 is 16.1 Å². The molecule has 4 rings (SSSR count). The minimum absolute atomic E-state index is 0.110. The zero-order valence-corrected chi connectivity index (χ0v) is 18.2. The highest BCUT2D eigenvalue weighted by molar-refractivity contribution is 7.92. The number of nitrogens with one attached hydrogen (secondary N) is 1. The summed E-state index contributed by atoms with van der Waals surface area (Å²) in [6.45, 7) is 3.78. The molecule has 1 aliphatic heterocycles. The van der Waals surface area contributed by atoms with Crippen LogP contribution in [0.2, 0.25) is 0 Å². The van der Waals surface area contributed by atoms with E-state index in [2.05, 4.69) is 5.32 Å². The second-order valence-electron chi connectivity index (χ2n) is 7.56. The van der Waals surface area contributed by atoms with Gasteiger partial charge in [0.25, 0.3) is 15.9 Å². The molecular weight excluding hydrogens is 412 g/mol. The van der Waals surface area contributed by atoms with E-state index in [0.717, 1.165) is 11.1 Å². The molecule has 0 aliphatic carbocycles. The van der Waals surface area contributed by atoms with Gasteiger partial charge >= 0.3 is 0 Å². The number of ether oxygens (including phenoxy) is 1. The fourth-order valence-corrected chi connectivity index (χ4v) is 5.03. The lowest BCUT2D eigenvalue weighted by Crippen LogP contribution is -2.51. The van der Waals surface area contributed by atoms with Gasteiger partial charge in [-0.15, -0.1) is 0 Å². The van der Waals surface area contributed by atoms with E-state index in [1.54, 1.807) is 54.6 Å². The van der Waals surface area contributed by atoms with Crippen molar-refractivity contribution >= 4 is 21.6 Å². The summed E-state index contributed by atoms with van der Waals surface area (Å²) >= 11 is 0. The fraction of sp³-hybridized carbons (Fsp3) is 0.208. The van der Waals surface area contributed by atoms with Crippen molar-refractivity contribution in [1.82, 2.24) is 5.32 Å². The Labute approximate surface area is 182 Å². The molecule has 3 aromatic rings. The Balaban J connectivity index is 1.60. The molecule has 0 spiro atoms. The van der Waals surface area contributed by atoms with Gasteiger partial charge in [0.2, 0.25) is 0 Å². The van der Waals surface area contributed by atoms with E-state index >= 15 is 0 Å². The maximum absolute atomic E-state index is 13.3. The number of sulfonamides is 1. The number of anilines is 1. The lowest BCUT2D eigenvalue weighted by Gasteiger charge is -2.35. The number of amides is 1. The summed E-state index contributed by atoms with van der Waals surface area (Å²) in [5.74, 6) is -0.00719. The summed E-state index contributed by atoms with van der Waals surface area (Å²) in [5.41, 5.74) is 2.52. The largest absolute Gasteiger partial charge is 0.476 e. The summed E-state index contributed by atoms with van der Waals surface area (Å²) < 4.78 is 33.8. The Hall–Kier alpha value is -3.32. The van der Waals surface area contributed by atoms with E-state index in [0.29, 0.717) is 11.4 Å². The number of hydrogen-bond donors (Lipinski definition) is 1. The predicted molar refractivity (Wildman–Crippen MR) is 120 cm³/mol. The van der Waals surface area contributed by atoms with Crippen LogP contribution in [0.3, 0.4) is 0 Å². The minimum atomic E-state index is -3.85. The van der Waals surface area contributed by atoms with Crippen LogP contribution in [0.15, 0.2) is 83.8 Å². The first-order chi connectivity index (χ1) is 14.9. The Morgan fingerprint density at radius 1 is 1.00 bits per heavy atom. The first-order valence-corrected chi connectivity index (χ1v) is 11.5. The molecule has 0 bridgehead atoms. The van der Waals surface area contributed by atoms with Crippen LogP contribution in [0, 0.1) is 6.92 Å². The Morgan fingerprint density at radius 3 is 2.35 bits per heavy atom. The highest BCUT2D eigenvalue weighted by atomic mass is 32.2. The summed E-state index contributed by atoms with van der Waals surface area (Å²) in [7, 11) is -3.85. The third-order valence-corrected chi connectivity index (χ3v) is 7.09. The second kappa shape index (κ2) is 8.43. The van der Waals surface area contributed by atoms with Gasteiger partial charge in [-0.2, -0.15) is 0 Å². The molecule has 0 aromatic heterocycles. The van der Waals surface area contributed by atoms with Gasteiger partial charge in [0.05, 0.1) is 23.2 Å². The van der Waals surface area contributed by atoms with Crippen molar-refractivity contribution in [2.75, 3.05) is 10.8 Å². The van der Waals surface area contributed by atoms with Crippen LogP contribution < -0.4 is 14.4 Å². The van der Waals surface area contributed by atoms with Crippen LogP contribution >= 0.6 is 0 Å². The average molecular weight is 437 g/mol. The number of carbonyl (C=O) groups excluding carboxylic acids is 1. The second-order valence-corrected chi connectivity index (χ2v) is 9.43. The van der Waals surface area contributed by atoms with Crippen molar-refractivity contribution in [2.45, 2.75) is 30.9 Å². The molecule has 3 aromatic carbocycles. The smallest absolute Gasteiger partial charge is 0.264 e. The summed E-state index contributed by atoms with van der Waals surface area (Å²) in [6, 6.07) is 22.7. The summed E-state index contributed by atoms with van der Waals surface area (Å²) in [6.07, 6.45) is -0.971. The van der Waals surface area contributed by atoms with Crippen LogP contribution in [0.5, 0.6) is 5.75 Å². The minimum Gasteiger partial charge on any atom is -0.476 e. The van der Waals surface area contributed by atoms with Crippen LogP contribution in [0.25, 0.3) is 0 Å². The molecule has 2 atom stereocenters. The zero-order valence-electron chi connectivity index (χ0n) is 17.4. The van der Waals surface area contributed by atoms with E-state index in [1.165, 1.54) is 4.31 Å². The molecule has 1 N–H and O–H groups in total. The number of hydrogen-bond acceptors (Lipinski definition) is 4. The first kappa shape index (κ1) is 20.9. The summed E-state index contributed by atoms with van der Waals surface area (Å²) in [4.78, 5) is 13.2. The topological polar surface area (TPSA) is 75.7 Å². The molecule has 0 saturated heterocycles. The van der Waals surface area contributed by atoms with Crippen LogP contribution in [-0.2, 0) is 14.8 Å². The molecule has 1 amide bonds. The molecule has 7 heteroatoms. The molecule has 0 fully saturated rings. The van der Waals surface area contributed by atoms with Crippen LogP contribution in [0.1, 0.15) is 24.1 Å². The molecule has 1 aliphatic rings. The number of rotatable bonds is 5. The Morgan fingerprint density at radius 2 is 1.65 bits per heavy atom. The standard InChI is InChI=1S/C24H24N2O4S/c1-17-12-14-19(15-13-17)18(2)25-24(27)23-16-26(21-10-6-7-11-22(21)30-23)31(28,29)20-8-4-3-5-9-20/h3-15,18,23H,16H2,1-2H3,(H,25,27)/t18-,23-/m1/s1. The van der Waals surface area contributed by atoms with Crippen LogP contribution in [-0.4, -0.2) is 27.0 Å².